The topological polar surface area (TPSA) is 277 Å². The quantitative estimate of drug-likeness (QED) is 0.0765. The maximum atomic E-state index is 13.7. The number of hydrogen-bond acceptors (Lipinski definition) is 18. The summed E-state index contributed by atoms with van der Waals surface area (Å²) in [5.41, 5.74) is 1.51. The monoisotopic (exact) mass is 1090 g/mol. The predicted octanol–water partition coefficient (Wildman–Crippen LogP) is 7.17. The van der Waals surface area contributed by atoms with Gasteiger partial charge in [-0.1, -0.05) is 12.1 Å². The van der Waals surface area contributed by atoms with Crippen molar-refractivity contribution in [1.29, 1.82) is 0 Å². The van der Waals surface area contributed by atoms with Crippen molar-refractivity contribution in [1.82, 2.24) is 39.5 Å². The molecule has 0 bridgehead atoms. The van der Waals surface area contributed by atoms with Gasteiger partial charge in [-0.3, -0.25) is 28.7 Å². The van der Waals surface area contributed by atoms with Crippen LogP contribution in [0.4, 0.5) is 20.2 Å². The fraction of sp³-hybridized carbons (Fsp3) is 0.280. The molecule has 26 heteroatoms. The Morgan fingerprint density at radius 2 is 0.934 bits per heavy atom. The number of anilines is 2. The fourth-order valence-corrected chi connectivity index (χ4v) is 10.3. The first-order valence-electron chi connectivity index (χ1n) is 22.9. The number of nitrogens with zero attached hydrogens (tertiary/aromatic N) is 8. The fourth-order valence-electron chi connectivity index (χ4n) is 7.82. The summed E-state index contributed by atoms with van der Waals surface area (Å²) in [4.78, 5) is 31.1. The summed E-state index contributed by atoms with van der Waals surface area (Å²) in [5.74, 6) is -0.147. The highest BCUT2D eigenvalue weighted by Gasteiger charge is 2.32. The van der Waals surface area contributed by atoms with E-state index in [1.807, 2.05) is 0 Å². The molecule has 0 unspecified atom stereocenters. The van der Waals surface area contributed by atoms with Crippen LogP contribution in [-0.4, -0.2) is 107 Å². The number of nitrogens with one attached hydrogen (secondary N) is 2. The molecule has 0 aliphatic carbocycles. The molecule has 0 saturated carbocycles. The minimum absolute atomic E-state index is 0.0740. The Morgan fingerprint density at radius 1 is 0.579 bits per heavy atom. The molecule has 8 aromatic rings. The van der Waals surface area contributed by atoms with E-state index < -0.39 is 65.1 Å². The van der Waals surface area contributed by atoms with Gasteiger partial charge in [0.15, 0.2) is 42.8 Å². The van der Waals surface area contributed by atoms with Crippen LogP contribution in [0.2, 0.25) is 0 Å². The van der Waals surface area contributed by atoms with Gasteiger partial charge in [0.1, 0.15) is 57.5 Å². The molecule has 2 atom stereocenters. The highest BCUT2D eigenvalue weighted by molar-refractivity contribution is 7.91. The van der Waals surface area contributed by atoms with Crippen molar-refractivity contribution in [2.75, 3.05) is 39.1 Å². The molecule has 0 spiro atoms. The van der Waals surface area contributed by atoms with Crippen LogP contribution in [0.25, 0.3) is 34.5 Å². The van der Waals surface area contributed by atoms with E-state index in [1.165, 1.54) is 77.8 Å². The Labute approximate surface area is 435 Å². The smallest absolute Gasteiger partial charge is 0.221 e. The molecule has 0 aliphatic heterocycles. The average Bonchev–Trinajstić information content (AvgIpc) is 4.24. The maximum absolute atomic E-state index is 13.7. The molecule has 0 aliphatic rings. The number of rotatable bonds is 20. The van der Waals surface area contributed by atoms with Gasteiger partial charge < -0.3 is 38.4 Å². The summed E-state index contributed by atoms with van der Waals surface area (Å²) in [6, 6.07) is 19.2. The lowest BCUT2D eigenvalue weighted by Crippen LogP contribution is -2.25. The largest absolute Gasteiger partial charge is 0.494 e. The summed E-state index contributed by atoms with van der Waals surface area (Å²) in [7, 11) is -1.82. The Kier molecular flexibility index (Phi) is 17.3. The second-order valence-corrected chi connectivity index (χ2v) is 21.7. The van der Waals surface area contributed by atoms with Crippen LogP contribution >= 0.6 is 0 Å². The van der Waals surface area contributed by atoms with Gasteiger partial charge in [0, 0.05) is 38.8 Å². The van der Waals surface area contributed by atoms with Crippen LogP contribution in [0.3, 0.4) is 0 Å². The number of amides is 2. The van der Waals surface area contributed by atoms with E-state index in [9.17, 15) is 35.2 Å². The molecule has 2 amide bonds. The molecule has 2 N–H and O–H groups in total. The summed E-state index contributed by atoms with van der Waals surface area (Å²) >= 11 is 0. The summed E-state index contributed by atoms with van der Waals surface area (Å²) in [6.45, 7) is 5.56. The van der Waals surface area contributed by atoms with Gasteiger partial charge in [0.05, 0.1) is 86.6 Å². The molecule has 76 heavy (non-hydrogen) atoms. The van der Waals surface area contributed by atoms with E-state index in [0.717, 1.165) is 24.5 Å². The highest BCUT2D eigenvalue weighted by atomic mass is 32.2. The number of benzene rings is 2. The van der Waals surface area contributed by atoms with Crippen molar-refractivity contribution in [3.8, 4) is 57.5 Å². The molecular formula is C50H52F2N10O12S2. The zero-order valence-electron chi connectivity index (χ0n) is 42.3. The second kappa shape index (κ2) is 23.8. The van der Waals surface area contributed by atoms with Crippen LogP contribution in [0, 0.1) is 11.6 Å². The van der Waals surface area contributed by atoms with E-state index in [0.29, 0.717) is 45.9 Å². The first-order chi connectivity index (χ1) is 36.3. The second-order valence-electron chi connectivity index (χ2n) is 16.8. The van der Waals surface area contributed by atoms with Gasteiger partial charge in [-0.15, -0.1) is 20.4 Å². The normalized spacial score (nSPS) is 12.2. The lowest BCUT2D eigenvalue weighted by molar-refractivity contribution is -0.115. The van der Waals surface area contributed by atoms with Crippen LogP contribution in [0.15, 0.2) is 107 Å². The Morgan fingerprint density at radius 3 is 1.24 bits per heavy atom. The first-order valence-corrected chi connectivity index (χ1v) is 26.4. The predicted molar refractivity (Wildman–Crippen MR) is 273 cm³/mol. The number of pyridine rings is 2. The average molecular weight is 1090 g/mol. The highest BCUT2D eigenvalue weighted by Crippen LogP contribution is 2.39. The SMILES string of the molecule is COc1cccc(OC)c1-n1c(CS(=O)(=O)[C@@H](C)Cc2ncc(F)cc2NC(C)=O)nnc1-c1ccco1.COc1cccc(OC)c1-n1c(CS(=O)(=O)[C@H](C)Cc2ncc(F)cc2NC(C)=O)nnc1-c1ccco1. The van der Waals surface area contributed by atoms with E-state index in [4.69, 9.17) is 27.8 Å². The van der Waals surface area contributed by atoms with Crippen LogP contribution in [-0.2, 0) is 53.6 Å². The molecular weight excluding hydrogens is 1030 g/mol. The Bertz CT molecular complexity index is 3290. The molecule has 0 fully saturated rings. The van der Waals surface area contributed by atoms with Crippen molar-refractivity contribution in [3.63, 3.8) is 0 Å². The third-order valence-electron chi connectivity index (χ3n) is 11.5. The lowest BCUT2D eigenvalue weighted by atomic mass is 10.2. The number of furan rings is 2. The number of ether oxygens (including phenoxy) is 4. The molecule has 0 saturated heterocycles. The molecule has 8 rings (SSSR count). The Balaban J connectivity index is 0.000000221. The lowest BCUT2D eigenvalue weighted by Gasteiger charge is -2.18. The number of carbonyl (C=O) groups excluding carboxylic acids is 2. The third-order valence-corrected chi connectivity index (χ3v) is 15.6. The third kappa shape index (κ3) is 12.5. The van der Waals surface area contributed by atoms with Crippen molar-refractivity contribution >= 4 is 42.9 Å². The standard InChI is InChI=1S/2C25H26FN5O6S/c2*1-15(11-18-19(28-16(2)32)12-17(26)13-27-18)38(33,34)14-23-29-30-25(22-9-6-10-37-22)31(23)24-20(35-3)7-5-8-21(24)36-4/h2*5-10,12-13,15H,11,14H2,1-4H3,(H,28,32)/t2*15-/m10/s1. The van der Waals surface area contributed by atoms with Crippen molar-refractivity contribution in [2.45, 2.75) is 62.5 Å². The van der Waals surface area contributed by atoms with Crippen molar-refractivity contribution < 1.29 is 63.0 Å². The van der Waals surface area contributed by atoms with Gasteiger partial charge in [0.25, 0.3) is 0 Å². The minimum atomic E-state index is -3.87. The minimum Gasteiger partial charge on any atom is -0.494 e. The number of para-hydroxylation sites is 2. The first kappa shape index (κ1) is 55.2. The van der Waals surface area contributed by atoms with E-state index >= 15 is 0 Å². The van der Waals surface area contributed by atoms with E-state index in [1.54, 1.807) is 60.7 Å². The molecule has 2 aromatic carbocycles. The number of methoxy groups -OCH3 is 4. The summed E-state index contributed by atoms with van der Waals surface area (Å²) in [6.07, 6.45) is 4.73. The Hall–Kier alpha value is -8.52. The number of hydrogen-bond donors (Lipinski definition) is 2. The van der Waals surface area contributed by atoms with Crippen molar-refractivity contribution in [3.05, 3.63) is 132 Å². The number of carbonyl (C=O) groups is 2. The zero-order chi connectivity index (χ0) is 54.9. The van der Waals surface area contributed by atoms with Crippen LogP contribution < -0.4 is 29.6 Å². The number of sulfone groups is 2. The maximum Gasteiger partial charge on any atom is 0.221 e. The van der Waals surface area contributed by atoms with Crippen LogP contribution in [0.1, 0.15) is 50.7 Å². The van der Waals surface area contributed by atoms with Gasteiger partial charge in [-0.2, -0.15) is 0 Å². The summed E-state index contributed by atoms with van der Waals surface area (Å²) in [5, 5.41) is 19.8. The molecule has 6 heterocycles. The van der Waals surface area contributed by atoms with Gasteiger partial charge in [-0.25, -0.2) is 25.6 Å². The van der Waals surface area contributed by atoms with E-state index in [-0.39, 0.29) is 58.9 Å². The van der Waals surface area contributed by atoms with Crippen molar-refractivity contribution in [2.24, 2.45) is 0 Å². The van der Waals surface area contributed by atoms with Gasteiger partial charge in [0.2, 0.25) is 23.5 Å². The number of aromatic nitrogens is 8. The van der Waals surface area contributed by atoms with E-state index in [2.05, 4.69) is 41.0 Å². The molecule has 400 valence electrons. The van der Waals surface area contributed by atoms with Crippen LogP contribution in [0.5, 0.6) is 23.0 Å². The molecule has 0 radical (unpaired) electrons. The van der Waals surface area contributed by atoms with Gasteiger partial charge >= 0.3 is 0 Å². The molecule has 6 aromatic heterocycles. The van der Waals surface area contributed by atoms with Gasteiger partial charge in [-0.05, 0) is 62.4 Å². The zero-order valence-corrected chi connectivity index (χ0v) is 43.9. The number of halogens is 2. The summed E-state index contributed by atoms with van der Waals surface area (Å²) < 4.78 is 118. The molecule has 22 nitrogen and oxygen atoms in total.